The van der Waals surface area contributed by atoms with Gasteiger partial charge in [-0.3, -0.25) is 10.1 Å². The van der Waals surface area contributed by atoms with Gasteiger partial charge in [-0.25, -0.2) is 4.79 Å². The van der Waals surface area contributed by atoms with Crippen molar-refractivity contribution in [3.8, 4) is 0 Å². The van der Waals surface area contributed by atoms with Gasteiger partial charge in [-0.2, -0.15) is 0 Å². The van der Waals surface area contributed by atoms with Crippen molar-refractivity contribution in [3.63, 3.8) is 0 Å². The van der Waals surface area contributed by atoms with E-state index in [9.17, 15) is 9.59 Å². The van der Waals surface area contributed by atoms with E-state index in [2.05, 4.69) is 5.32 Å². The lowest BCUT2D eigenvalue weighted by atomic mass is 9.93. The molecule has 1 aliphatic rings. The molecule has 1 aliphatic heterocycles. The Hall–Kier alpha value is -1.88. The van der Waals surface area contributed by atoms with Crippen LogP contribution in [0.2, 0.25) is 0 Å². The molecule has 2 rings (SSSR count). The number of piperidine rings is 1. The summed E-state index contributed by atoms with van der Waals surface area (Å²) in [5.74, 6) is -1.79. The Bertz CT molecular complexity index is 455. The van der Waals surface area contributed by atoms with Crippen molar-refractivity contribution in [2.75, 3.05) is 0 Å². The van der Waals surface area contributed by atoms with Gasteiger partial charge < -0.3 is 10.2 Å². The Balaban J connectivity index is 2.11. The normalized spacial score (nSPS) is 23.6. The van der Waals surface area contributed by atoms with Gasteiger partial charge in [0.05, 0.1) is 5.56 Å². The Morgan fingerprint density at radius 2 is 1.78 bits per heavy atom. The monoisotopic (exact) mass is 249 g/mol. The molecule has 0 saturated carbocycles. The zero-order valence-electron chi connectivity index (χ0n) is 9.80. The van der Waals surface area contributed by atoms with E-state index in [1.165, 1.54) is 0 Å². The van der Waals surface area contributed by atoms with Crippen molar-refractivity contribution in [1.82, 2.24) is 5.32 Å². The smallest absolute Gasteiger partial charge is 0.335 e. The minimum absolute atomic E-state index is 0.0114. The first-order chi connectivity index (χ1) is 8.58. The van der Waals surface area contributed by atoms with Crippen LogP contribution < -0.4 is 5.32 Å². The number of hydrogen-bond acceptors (Lipinski definition) is 3. The molecule has 0 bridgehead atoms. The van der Waals surface area contributed by atoms with Gasteiger partial charge in [-0.15, -0.1) is 0 Å². The molecule has 0 radical (unpaired) electrons. The van der Waals surface area contributed by atoms with Crippen LogP contribution in [0.5, 0.6) is 0 Å². The van der Waals surface area contributed by atoms with E-state index in [0.29, 0.717) is 6.42 Å². The highest BCUT2D eigenvalue weighted by molar-refractivity contribution is 5.87. The summed E-state index contributed by atoms with van der Waals surface area (Å²) in [5, 5.41) is 20.9. The average molecular weight is 249 g/mol. The number of nitrogens with one attached hydrogen (secondary N) is 1. The summed E-state index contributed by atoms with van der Waals surface area (Å²) < 4.78 is 0. The second-order valence-corrected chi connectivity index (χ2v) is 4.47. The summed E-state index contributed by atoms with van der Waals surface area (Å²) in [6, 6.07) is 6.05. The molecule has 1 aromatic carbocycles. The summed E-state index contributed by atoms with van der Waals surface area (Å²) in [7, 11) is 0. The SMILES string of the molecule is O=C(O)c1ccc(C2CCCC(C(=O)O)N2)cc1. The minimum Gasteiger partial charge on any atom is -0.480 e. The topological polar surface area (TPSA) is 86.6 Å². The van der Waals surface area contributed by atoms with Crippen molar-refractivity contribution in [2.45, 2.75) is 31.3 Å². The molecule has 2 atom stereocenters. The molecular weight excluding hydrogens is 234 g/mol. The third-order valence-corrected chi connectivity index (χ3v) is 3.25. The van der Waals surface area contributed by atoms with E-state index in [0.717, 1.165) is 18.4 Å². The first-order valence-electron chi connectivity index (χ1n) is 5.90. The largest absolute Gasteiger partial charge is 0.480 e. The maximum Gasteiger partial charge on any atom is 0.335 e. The maximum atomic E-state index is 10.9. The van der Waals surface area contributed by atoms with E-state index < -0.39 is 18.0 Å². The number of benzene rings is 1. The summed E-state index contributed by atoms with van der Waals surface area (Å²) in [6.45, 7) is 0. The van der Waals surface area contributed by atoms with E-state index >= 15 is 0 Å². The predicted octanol–water partition coefficient (Wildman–Crippen LogP) is 1.65. The van der Waals surface area contributed by atoms with Crippen LogP contribution in [0.15, 0.2) is 24.3 Å². The average Bonchev–Trinajstić information content (AvgIpc) is 2.39. The molecule has 1 aromatic rings. The third-order valence-electron chi connectivity index (χ3n) is 3.25. The molecule has 2 unspecified atom stereocenters. The summed E-state index contributed by atoms with van der Waals surface area (Å²) >= 11 is 0. The predicted molar refractivity (Wildman–Crippen MR) is 64.6 cm³/mol. The van der Waals surface area contributed by atoms with Gasteiger partial charge in [0.15, 0.2) is 0 Å². The van der Waals surface area contributed by atoms with Crippen LogP contribution in [0.3, 0.4) is 0 Å². The lowest BCUT2D eigenvalue weighted by Crippen LogP contribution is -2.42. The van der Waals surface area contributed by atoms with E-state index in [4.69, 9.17) is 10.2 Å². The second kappa shape index (κ2) is 5.18. The Morgan fingerprint density at radius 3 is 2.33 bits per heavy atom. The highest BCUT2D eigenvalue weighted by Crippen LogP contribution is 2.25. The maximum absolute atomic E-state index is 10.9. The summed E-state index contributed by atoms with van der Waals surface area (Å²) in [6.07, 6.45) is 2.37. The zero-order valence-corrected chi connectivity index (χ0v) is 9.80. The lowest BCUT2D eigenvalue weighted by molar-refractivity contribution is -0.140. The van der Waals surface area contributed by atoms with Gasteiger partial charge in [-0.1, -0.05) is 12.1 Å². The molecule has 0 aromatic heterocycles. The molecule has 3 N–H and O–H groups in total. The quantitative estimate of drug-likeness (QED) is 0.758. The molecule has 1 saturated heterocycles. The van der Waals surface area contributed by atoms with Crippen LogP contribution >= 0.6 is 0 Å². The van der Waals surface area contributed by atoms with Gasteiger partial charge in [0, 0.05) is 6.04 Å². The fourth-order valence-corrected chi connectivity index (χ4v) is 2.25. The molecule has 0 spiro atoms. The number of carbonyl (C=O) groups is 2. The van der Waals surface area contributed by atoms with Crippen LogP contribution in [0, 0.1) is 0 Å². The highest BCUT2D eigenvalue weighted by Gasteiger charge is 2.26. The molecule has 5 heteroatoms. The van der Waals surface area contributed by atoms with Crippen molar-refractivity contribution in [3.05, 3.63) is 35.4 Å². The zero-order chi connectivity index (χ0) is 13.1. The number of aromatic carboxylic acids is 1. The van der Waals surface area contributed by atoms with Crippen LogP contribution in [0.1, 0.15) is 41.2 Å². The molecule has 0 aliphatic carbocycles. The van der Waals surface area contributed by atoms with Crippen LogP contribution in [-0.2, 0) is 4.79 Å². The van der Waals surface area contributed by atoms with E-state index in [-0.39, 0.29) is 11.6 Å². The molecule has 1 heterocycles. The van der Waals surface area contributed by atoms with Gasteiger partial charge >= 0.3 is 11.9 Å². The number of hydrogen-bond donors (Lipinski definition) is 3. The van der Waals surface area contributed by atoms with Crippen LogP contribution in [-0.4, -0.2) is 28.2 Å². The standard InChI is InChI=1S/C13H15NO4/c15-12(16)9-6-4-8(5-7-9)10-2-1-3-11(14-10)13(17)18/h4-7,10-11,14H,1-3H2,(H,15,16)(H,17,18). The fraction of sp³-hybridized carbons (Fsp3) is 0.385. The first kappa shape index (κ1) is 12.6. The van der Waals surface area contributed by atoms with Crippen molar-refractivity contribution in [2.24, 2.45) is 0 Å². The van der Waals surface area contributed by atoms with Gasteiger partial charge in [0.1, 0.15) is 6.04 Å². The third kappa shape index (κ3) is 2.68. The molecule has 18 heavy (non-hydrogen) atoms. The number of carboxylic acids is 2. The van der Waals surface area contributed by atoms with Crippen molar-refractivity contribution < 1.29 is 19.8 Å². The molecular formula is C13H15NO4. The van der Waals surface area contributed by atoms with Crippen molar-refractivity contribution >= 4 is 11.9 Å². The Labute approximate surface area is 104 Å². The summed E-state index contributed by atoms with van der Waals surface area (Å²) in [5.41, 5.74) is 1.18. The summed E-state index contributed by atoms with van der Waals surface area (Å²) in [4.78, 5) is 21.7. The molecule has 0 amide bonds. The van der Waals surface area contributed by atoms with E-state index in [1.807, 2.05) is 0 Å². The second-order valence-electron chi connectivity index (χ2n) is 4.47. The van der Waals surface area contributed by atoms with Gasteiger partial charge in [-0.05, 0) is 37.0 Å². The van der Waals surface area contributed by atoms with Gasteiger partial charge in [0.25, 0.3) is 0 Å². The van der Waals surface area contributed by atoms with Crippen LogP contribution in [0.25, 0.3) is 0 Å². The van der Waals surface area contributed by atoms with Gasteiger partial charge in [0.2, 0.25) is 0 Å². The first-order valence-corrected chi connectivity index (χ1v) is 5.90. The van der Waals surface area contributed by atoms with E-state index in [1.54, 1.807) is 24.3 Å². The fourth-order valence-electron chi connectivity index (χ4n) is 2.25. The molecule has 96 valence electrons. The van der Waals surface area contributed by atoms with Crippen molar-refractivity contribution in [1.29, 1.82) is 0 Å². The number of rotatable bonds is 3. The number of carboxylic acid groups (broad SMARTS) is 2. The molecule has 5 nitrogen and oxygen atoms in total. The Kier molecular flexibility index (Phi) is 3.62. The number of aliphatic carboxylic acids is 1. The molecule has 1 fully saturated rings. The lowest BCUT2D eigenvalue weighted by Gasteiger charge is -2.28. The highest BCUT2D eigenvalue weighted by atomic mass is 16.4. The van der Waals surface area contributed by atoms with Crippen LogP contribution in [0.4, 0.5) is 0 Å². The minimum atomic E-state index is -0.957. The Morgan fingerprint density at radius 1 is 1.11 bits per heavy atom.